The van der Waals surface area contributed by atoms with Crippen molar-refractivity contribution in [2.24, 2.45) is 0 Å². The lowest BCUT2D eigenvalue weighted by atomic mass is 10.0. The van der Waals surface area contributed by atoms with Crippen LogP contribution in [0, 0.1) is 0 Å². The highest BCUT2D eigenvalue weighted by molar-refractivity contribution is 6.02. The molecule has 0 saturated carbocycles. The molecule has 1 saturated heterocycles. The first kappa shape index (κ1) is 21.0. The first-order valence-corrected chi connectivity index (χ1v) is 10.3. The summed E-state index contributed by atoms with van der Waals surface area (Å²) in [4.78, 5) is 25.2. The number of carbonyl (C=O) groups is 2. The van der Waals surface area contributed by atoms with Crippen LogP contribution in [0.3, 0.4) is 0 Å². The minimum atomic E-state index is -0.405. The first-order valence-electron chi connectivity index (χ1n) is 10.3. The van der Waals surface area contributed by atoms with Crippen LogP contribution < -0.4 is 10.3 Å². The Hall–Kier alpha value is -2.70. The number of anilines is 1. The topological polar surface area (TPSA) is 63.1 Å². The van der Waals surface area contributed by atoms with Crippen LogP contribution in [-0.2, 0) is 22.5 Å². The van der Waals surface area contributed by atoms with E-state index in [2.05, 4.69) is 22.5 Å². The number of nitrogens with one attached hydrogen (secondary N) is 2. The van der Waals surface area contributed by atoms with Gasteiger partial charge in [0, 0.05) is 6.42 Å². The zero-order valence-electron chi connectivity index (χ0n) is 17.2. The number of nitrogens with zero attached hydrogens (tertiary/aromatic N) is 1. The summed E-state index contributed by atoms with van der Waals surface area (Å²) in [6.45, 7) is 7.15. The second kappa shape index (κ2) is 10.2. The number of carbonyl (C=O) groups excluding carboxylic acids is 2. The Morgan fingerprint density at radius 3 is 2.62 bits per heavy atom. The van der Waals surface area contributed by atoms with Crippen LogP contribution in [0.5, 0.6) is 0 Å². The van der Waals surface area contributed by atoms with Gasteiger partial charge in [-0.25, -0.2) is 9.80 Å². The van der Waals surface area contributed by atoms with Gasteiger partial charge in [-0.05, 0) is 30.5 Å². The van der Waals surface area contributed by atoms with Crippen LogP contribution in [-0.4, -0.2) is 43.1 Å². The normalized spacial score (nSPS) is 16.6. The molecule has 3 rings (SSSR count). The fourth-order valence-electron chi connectivity index (χ4n) is 3.78. The number of aryl methyl sites for hydroxylation is 1. The van der Waals surface area contributed by atoms with Gasteiger partial charge in [0.05, 0.1) is 37.5 Å². The van der Waals surface area contributed by atoms with E-state index in [0.717, 1.165) is 43.0 Å². The fraction of sp³-hybridized carbons (Fsp3) is 0.391. The molecule has 2 N–H and O–H groups in total. The molecule has 1 aliphatic heterocycles. The number of amides is 1. The third-order valence-corrected chi connectivity index (χ3v) is 5.21. The van der Waals surface area contributed by atoms with Gasteiger partial charge in [0.25, 0.3) is 5.91 Å². The quantitative estimate of drug-likeness (QED) is 0.671. The second-order valence-corrected chi connectivity index (χ2v) is 7.22. The minimum Gasteiger partial charge on any atom is -0.462 e. The van der Waals surface area contributed by atoms with E-state index in [1.165, 1.54) is 5.56 Å². The summed E-state index contributed by atoms with van der Waals surface area (Å²) in [5.74, 6) is -0.497. The molecule has 2 aromatic carbocycles. The highest BCUT2D eigenvalue weighted by Crippen LogP contribution is 2.23. The van der Waals surface area contributed by atoms with Gasteiger partial charge < -0.3 is 10.1 Å². The van der Waals surface area contributed by atoms with E-state index in [4.69, 9.17) is 4.74 Å². The van der Waals surface area contributed by atoms with E-state index in [9.17, 15) is 9.59 Å². The van der Waals surface area contributed by atoms with Crippen LogP contribution >= 0.6 is 0 Å². The highest BCUT2D eigenvalue weighted by Gasteiger charge is 2.29. The predicted octanol–water partition coefficient (Wildman–Crippen LogP) is 2.07. The van der Waals surface area contributed by atoms with Gasteiger partial charge in [-0.2, -0.15) is 5.01 Å². The van der Waals surface area contributed by atoms with Crippen molar-refractivity contribution in [3.8, 4) is 0 Å². The molecule has 0 aliphatic carbocycles. The average Bonchev–Trinajstić information content (AvgIpc) is 3.15. The number of esters is 1. The Balaban J connectivity index is 1.69. The number of benzene rings is 2. The molecular weight excluding hydrogens is 366 g/mol. The van der Waals surface area contributed by atoms with Crippen molar-refractivity contribution >= 4 is 17.6 Å². The minimum absolute atomic E-state index is 0.0913. The molecule has 0 aromatic heterocycles. The maximum absolute atomic E-state index is 12.9. The smallest absolute Gasteiger partial charge is 0.340 e. The Kier molecular flexibility index (Phi) is 7.38. The lowest BCUT2D eigenvalue weighted by Gasteiger charge is -2.24. The van der Waals surface area contributed by atoms with Gasteiger partial charge in [-0.15, -0.1) is 0 Å². The van der Waals surface area contributed by atoms with E-state index in [-0.39, 0.29) is 5.91 Å². The van der Waals surface area contributed by atoms with Gasteiger partial charge in [0.1, 0.15) is 0 Å². The number of hydrogen-bond donors (Lipinski definition) is 2. The van der Waals surface area contributed by atoms with Crippen molar-refractivity contribution in [2.75, 3.05) is 31.6 Å². The lowest BCUT2D eigenvalue weighted by molar-refractivity contribution is -0.997. The van der Waals surface area contributed by atoms with E-state index in [1.54, 1.807) is 13.0 Å². The molecule has 0 radical (unpaired) electrons. The monoisotopic (exact) mass is 396 g/mol. The van der Waals surface area contributed by atoms with Crippen molar-refractivity contribution < 1.29 is 19.3 Å². The van der Waals surface area contributed by atoms with Crippen molar-refractivity contribution in [2.45, 2.75) is 33.2 Å². The number of ether oxygens (including phenoxy) is 1. The lowest BCUT2D eigenvalue weighted by Crippen LogP contribution is -3.16. The van der Waals surface area contributed by atoms with Crippen LogP contribution in [0.25, 0.3) is 0 Å². The van der Waals surface area contributed by atoms with Crippen molar-refractivity contribution in [1.82, 2.24) is 5.01 Å². The molecule has 1 aliphatic rings. The van der Waals surface area contributed by atoms with E-state index in [0.29, 0.717) is 24.4 Å². The Morgan fingerprint density at radius 2 is 1.90 bits per heavy atom. The van der Waals surface area contributed by atoms with E-state index >= 15 is 0 Å². The maximum Gasteiger partial charge on any atom is 0.340 e. The van der Waals surface area contributed by atoms with Gasteiger partial charge in [0.15, 0.2) is 6.54 Å². The molecule has 1 atom stereocenters. The molecule has 2 aromatic rings. The van der Waals surface area contributed by atoms with Gasteiger partial charge >= 0.3 is 5.97 Å². The summed E-state index contributed by atoms with van der Waals surface area (Å²) in [6.07, 6.45) is 1.79. The molecule has 6 heteroatoms. The van der Waals surface area contributed by atoms with Crippen LogP contribution in [0.4, 0.5) is 5.69 Å². The zero-order chi connectivity index (χ0) is 20.6. The molecule has 1 unspecified atom stereocenters. The molecule has 1 fully saturated rings. The predicted molar refractivity (Wildman–Crippen MR) is 113 cm³/mol. The molecule has 1 heterocycles. The van der Waals surface area contributed by atoms with Crippen molar-refractivity contribution in [1.29, 1.82) is 0 Å². The highest BCUT2D eigenvalue weighted by atomic mass is 16.5. The summed E-state index contributed by atoms with van der Waals surface area (Å²) in [5, 5.41) is 6.44. The summed E-state index contributed by atoms with van der Waals surface area (Å²) in [7, 11) is 0. The molecular formula is C23H30N3O3+. The van der Waals surface area contributed by atoms with Crippen LogP contribution in [0.1, 0.15) is 41.8 Å². The third-order valence-electron chi connectivity index (χ3n) is 5.21. The molecule has 154 valence electrons. The SMILES string of the molecule is CCOC(=O)c1cccc(CC)c1NC(=O)C[NH+]1CCCN1Cc1ccccc1. The third kappa shape index (κ3) is 5.43. The summed E-state index contributed by atoms with van der Waals surface area (Å²) in [6, 6.07) is 15.8. The van der Waals surface area contributed by atoms with E-state index < -0.39 is 5.97 Å². The van der Waals surface area contributed by atoms with Crippen molar-refractivity contribution in [3.63, 3.8) is 0 Å². The Bertz CT molecular complexity index is 839. The zero-order valence-corrected chi connectivity index (χ0v) is 17.2. The maximum atomic E-state index is 12.9. The molecule has 6 nitrogen and oxygen atoms in total. The molecule has 0 bridgehead atoms. The van der Waals surface area contributed by atoms with E-state index in [1.807, 2.05) is 37.3 Å². The summed E-state index contributed by atoms with van der Waals surface area (Å²) < 4.78 is 5.16. The standard InChI is InChI=1S/C23H29N3O3/c1-3-19-12-8-13-20(23(28)29-4-2)22(19)24-21(27)17-26-15-9-14-25(26)16-18-10-6-5-7-11-18/h5-8,10-13H,3-4,9,14-17H2,1-2H3,(H,24,27)/p+1. The number of rotatable bonds is 8. The van der Waals surface area contributed by atoms with Gasteiger partial charge in [-0.3, -0.25) is 4.79 Å². The van der Waals surface area contributed by atoms with Crippen LogP contribution in [0.2, 0.25) is 0 Å². The molecule has 1 amide bonds. The average molecular weight is 397 g/mol. The molecule has 0 spiro atoms. The summed E-state index contributed by atoms with van der Waals surface area (Å²) >= 11 is 0. The Morgan fingerprint density at radius 1 is 1.10 bits per heavy atom. The van der Waals surface area contributed by atoms with Crippen LogP contribution in [0.15, 0.2) is 48.5 Å². The first-order chi connectivity index (χ1) is 14.1. The largest absolute Gasteiger partial charge is 0.462 e. The fourth-order valence-corrected chi connectivity index (χ4v) is 3.78. The van der Waals surface area contributed by atoms with Crippen molar-refractivity contribution in [3.05, 3.63) is 65.2 Å². The molecule has 29 heavy (non-hydrogen) atoms. The second-order valence-electron chi connectivity index (χ2n) is 7.22. The summed E-state index contributed by atoms with van der Waals surface area (Å²) in [5.41, 5.74) is 3.17. The number of para-hydroxylation sites is 1. The van der Waals surface area contributed by atoms with Gasteiger partial charge in [-0.1, -0.05) is 49.4 Å². The number of quaternary nitrogens is 1. The van der Waals surface area contributed by atoms with Gasteiger partial charge in [0.2, 0.25) is 0 Å². The number of hydrogen-bond acceptors (Lipinski definition) is 4. The Labute approximate surface area is 172 Å².